The van der Waals surface area contributed by atoms with Gasteiger partial charge in [0.15, 0.2) is 5.03 Å². The third-order valence-corrected chi connectivity index (χ3v) is 12.2. The highest BCUT2D eigenvalue weighted by atomic mass is 32.2. The molecule has 4 aromatic rings. The molecule has 0 bridgehead atoms. The Morgan fingerprint density at radius 3 is 2.32 bits per heavy atom. The first-order valence-corrected chi connectivity index (χ1v) is 21.0. The Bertz CT molecular complexity index is 2470. The van der Waals surface area contributed by atoms with E-state index in [1.807, 2.05) is 0 Å². The predicted octanol–water partition coefficient (Wildman–Crippen LogP) is 2.68. The molecule has 59 heavy (non-hydrogen) atoms. The highest BCUT2D eigenvalue weighted by Gasteiger charge is 2.45. The number of hydrogen-bond acceptors (Lipinski definition) is 11. The van der Waals surface area contributed by atoms with Crippen molar-refractivity contribution in [3.63, 3.8) is 0 Å². The average molecular weight is 823 g/mol. The van der Waals surface area contributed by atoms with Gasteiger partial charge in [-0.2, -0.15) is 13.5 Å². The standard InChI is InChI=1S/C41H42N8O9S/c50-33-15-14-32(38(52)44-33)49-39(53)30-8-3-9-31(35(30)40(49)54)42-17-20-58-21-18-43-37(51)25-12-10-24(11-13-25)23-48-19-16-34(46-48)59(56,57)47-41(55)45-36-28-6-1-4-26(28)22-27-5-2-7-29(27)36/h3,8-13,16,19,22,32,42H,1-2,4-7,14-15,17-18,20-21,23H2,(H,43,51)(H,44,50,52)(H2,45,47,55). The minimum absolute atomic E-state index is 0.0331. The number of carbonyl (C=O) groups excluding carboxylic acids is 6. The van der Waals surface area contributed by atoms with Crippen molar-refractivity contribution in [3.05, 3.63) is 105 Å². The summed E-state index contributed by atoms with van der Waals surface area (Å²) in [5.41, 5.74) is 7.31. The number of aryl methyl sites for hydroxylation is 2. The normalized spacial score (nSPS) is 17.0. The monoisotopic (exact) mass is 822 g/mol. The second-order valence-corrected chi connectivity index (χ2v) is 16.4. The molecule has 0 saturated carbocycles. The van der Waals surface area contributed by atoms with Crippen LogP contribution in [-0.2, 0) is 56.6 Å². The van der Waals surface area contributed by atoms with Crippen LogP contribution in [0.1, 0.15) is 84.6 Å². The number of anilines is 2. The van der Waals surface area contributed by atoms with E-state index in [0.717, 1.165) is 65.8 Å². The van der Waals surface area contributed by atoms with Crippen LogP contribution in [0.3, 0.4) is 0 Å². The van der Waals surface area contributed by atoms with Gasteiger partial charge in [0.05, 0.1) is 30.9 Å². The lowest BCUT2D eigenvalue weighted by atomic mass is 9.99. The summed E-state index contributed by atoms with van der Waals surface area (Å²) in [5.74, 6) is -2.63. The number of carbonyl (C=O) groups is 6. The second kappa shape index (κ2) is 16.5. The van der Waals surface area contributed by atoms with Crippen molar-refractivity contribution in [2.75, 3.05) is 36.9 Å². The van der Waals surface area contributed by atoms with E-state index < -0.39 is 45.7 Å². The molecule has 5 N–H and O–H groups in total. The fourth-order valence-electron chi connectivity index (χ4n) is 8.16. The molecule has 2 aliphatic carbocycles. The first-order valence-electron chi connectivity index (χ1n) is 19.5. The van der Waals surface area contributed by atoms with Crippen molar-refractivity contribution in [2.24, 2.45) is 0 Å². The average Bonchev–Trinajstić information content (AvgIpc) is 4.03. The Labute approximate surface area is 339 Å². The summed E-state index contributed by atoms with van der Waals surface area (Å²) in [5, 5.41) is 14.8. The number of aromatic nitrogens is 2. The Balaban J connectivity index is 0.763. The molecule has 1 unspecified atom stereocenters. The number of sulfonamides is 1. The van der Waals surface area contributed by atoms with Gasteiger partial charge < -0.3 is 20.7 Å². The number of urea groups is 1. The van der Waals surface area contributed by atoms with E-state index in [9.17, 15) is 37.2 Å². The second-order valence-electron chi connectivity index (χ2n) is 14.8. The molecule has 0 spiro atoms. The molecule has 7 amide bonds. The molecule has 306 valence electrons. The Kier molecular flexibility index (Phi) is 11.0. The molecular formula is C41H42N8O9S. The van der Waals surface area contributed by atoms with Gasteiger partial charge in [0.25, 0.3) is 27.7 Å². The Morgan fingerprint density at radius 2 is 1.59 bits per heavy atom. The molecule has 8 rings (SSSR count). The SMILES string of the molecule is O=C1CCC(N2C(=O)c3cccc(NCCOCCNC(=O)c4ccc(Cn5ccc(S(=O)(=O)NC(=O)Nc6c7c(cc8c6CCC8)CCC7)n5)cc4)c3C2=O)C(=O)N1. The Morgan fingerprint density at radius 1 is 0.864 bits per heavy atom. The summed E-state index contributed by atoms with van der Waals surface area (Å²) < 4.78 is 35.4. The fourth-order valence-corrected chi connectivity index (χ4v) is 9.02. The summed E-state index contributed by atoms with van der Waals surface area (Å²) in [4.78, 5) is 76.8. The highest BCUT2D eigenvalue weighted by molar-refractivity contribution is 7.90. The van der Waals surface area contributed by atoms with Crippen molar-refractivity contribution in [1.82, 2.24) is 30.0 Å². The molecule has 1 atom stereocenters. The number of rotatable bonds is 14. The molecule has 3 aromatic carbocycles. The molecule has 1 saturated heterocycles. The van der Waals surface area contributed by atoms with Crippen molar-refractivity contribution >= 4 is 57.0 Å². The zero-order valence-corrected chi connectivity index (χ0v) is 32.8. The number of hydrogen-bond donors (Lipinski definition) is 5. The molecule has 1 fully saturated rings. The summed E-state index contributed by atoms with van der Waals surface area (Å²) >= 11 is 0. The van der Waals surface area contributed by atoms with Gasteiger partial charge in [0.1, 0.15) is 6.04 Å². The van der Waals surface area contributed by atoms with E-state index in [4.69, 9.17) is 4.74 Å². The maximum absolute atomic E-state index is 13.3. The van der Waals surface area contributed by atoms with Crippen LogP contribution in [0, 0.1) is 0 Å². The fraction of sp³-hybridized carbons (Fsp3) is 0.341. The van der Waals surface area contributed by atoms with Crippen molar-refractivity contribution < 1.29 is 41.9 Å². The number of fused-ring (bicyclic) bond motifs is 3. The van der Waals surface area contributed by atoms with Crippen molar-refractivity contribution in [3.8, 4) is 0 Å². The third-order valence-electron chi connectivity index (χ3n) is 11.0. The molecule has 18 heteroatoms. The molecule has 17 nitrogen and oxygen atoms in total. The predicted molar refractivity (Wildman–Crippen MR) is 212 cm³/mol. The van der Waals surface area contributed by atoms with E-state index in [1.165, 1.54) is 34.1 Å². The minimum atomic E-state index is -4.25. The minimum Gasteiger partial charge on any atom is -0.382 e. The summed E-state index contributed by atoms with van der Waals surface area (Å²) in [7, 11) is -4.25. The zero-order valence-electron chi connectivity index (χ0n) is 32.0. The van der Waals surface area contributed by atoms with Gasteiger partial charge in [-0.15, -0.1) is 0 Å². The van der Waals surface area contributed by atoms with E-state index in [2.05, 4.69) is 37.2 Å². The van der Waals surface area contributed by atoms with Crippen LogP contribution >= 0.6 is 0 Å². The van der Waals surface area contributed by atoms with Crippen LogP contribution in [0.5, 0.6) is 0 Å². The van der Waals surface area contributed by atoms with E-state index >= 15 is 0 Å². The quantitative estimate of drug-likeness (QED) is 0.0918. The maximum atomic E-state index is 13.3. The zero-order chi connectivity index (χ0) is 41.3. The smallest absolute Gasteiger partial charge is 0.333 e. The number of piperidine rings is 1. The van der Waals surface area contributed by atoms with E-state index in [0.29, 0.717) is 17.8 Å². The molecular weight excluding hydrogens is 781 g/mol. The van der Waals surface area contributed by atoms with Crippen molar-refractivity contribution in [1.29, 1.82) is 0 Å². The summed E-state index contributed by atoms with van der Waals surface area (Å²) in [6, 6.07) is 13.2. The lowest BCUT2D eigenvalue weighted by Crippen LogP contribution is -2.54. The van der Waals surface area contributed by atoms with Gasteiger partial charge in [-0.25, -0.2) is 9.52 Å². The van der Waals surface area contributed by atoms with Gasteiger partial charge >= 0.3 is 6.03 Å². The van der Waals surface area contributed by atoms with Gasteiger partial charge in [-0.1, -0.05) is 24.3 Å². The van der Waals surface area contributed by atoms with Gasteiger partial charge in [-0.05, 0) is 103 Å². The largest absolute Gasteiger partial charge is 0.382 e. The van der Waals surface area contributed by atoms with Crippen LogP contribution in [0.25, 0.3) is 0 Å². The van der Waals surface area contributed by atoms with Crippen LogP contribution in [0.15, 0.2) is 65.8 Å². The first-order chi connectivity index (χ1) is 28.5. The number of nitrogens with one attached hydrogen (secondary N) is 5. The van der Waals surface area contributed by atoms with E-state index in [-0.39, 0.29) is 61.2 Å². The number of nitrogens with zero attached hydrogens (tertiary/aromatic N) is 3. The number of imide groups is 2. The van der Waals surface area contributed by atoms with E-state index in [1.54, 1.807) is 36.4 Å². The first kappa shape index (κ1) is 39.4. The number of amides is 7. The van der Waals surface area contributed by atoms with Crippen LogP contribution < -0.4 is 26.0 Å². The lowest BCUT2D eigenvalue weighted by molar-refractivity contribution is -0.136. The number of ether oxygens (including phenoxy) is 1. The molecule has 4 aliphatic rings. The van der Waals surface area contributed by atoms with Crippen LogP contribution in [0.4, 0.5) is 16.2 Å². The third kappa shape index (κ3) is 8.18. The topological polar surface area (TPSA) is 227 Å². The van der Waals surface area contributed by atoms with Crippen LogP contribution in [0.2, 0.25) is 0 Å². The van der Waals surface area contributed by atoms with Gasteiger partial charge in [0.2, 0.25) is 11.8 Å². The number of benzene rings is 3. The molecule has 1 aromatic heterocycles. The van der Waals surface area contributed by atoms with Gasteiger partial charge in [-0.3, -0.25) is 38.9 Å². The lowest BCUT2D eigenvalue weighted by Gasteiger charge is -2.27. The highest BCUT2D eigenvalue weighted by Crippen LogP contribution is 2.38. The molecule has 0 radical (unpaired) electrons. The van der Waals surface area contributed by atoms with Crippen molar-refractivity contribution in [2.45, 2.75) is 69.0 Å². The summed E-state index contributed by atoms with van der Waals surface area (Å²) in [6.07, 6.45) is 7.23. The molecule has 3 heterocycles. The van der Waals surface area contributed by atoms with Crippen LogP contribution in [-0.4, -0.2) is 91.0 Å². The van der Waals surface area contributed by atoms with Gasteiger partial charge in [0, 0.05) is 42.6 Å². The Hall–Kier alpha value is -6.40. The molecule has 2 aliphatic heterocycles. The summed E-state index contributed by atoms with van der Waals surface area (Å²) in [6.45, 7) is 1.17. The maximum Gasteiger partial charge on any atom is 0.333 e.